The minimum Gasteiger partial charge on any atom is -0.483 e. The smallest absolute Gasteiger partial charge is 0.340 e. The lowest BCUT2D eigenvalue weighted by molar-refractivity contribution is 0.0603. The largest absolute Gasteiger partial charge is 0.483 e. The van der Waals surface area contributed by atoms with E-state index in [0.717, 1.165) is 5.56 Å². The molecule has 0 radical (unpaired) electrons. The molecule has 1 heterocycles. The second-order valence-corrected chi connectivity index (χ2v) is 5.95. The standard InChI is InChI=1S/C19H16ClNO4/c1-12-9-13(20)7-8-17(12)25-11-18(22)21-10-15(19(23)24-2)14-5-3-4-6-16(14)21/h3-10H,11H2,1-2H3. The number of carbonyl (C=O) groups excluding carboxylic acids is 2. The average Bonchev–Trinajstić information content (AvgIpc) is 3.00. The monoisotopic (exact) mass is 357 g/mol. The lowest BCUT2D eigenvalue weighted by atomic mass is 10.2. The van der Waals surface area contributed by atoms with Crippen molar-refractivity contribution in [1.29, 1.82) is 0 Å². The molecule has 0 unspecified atom stereocenters. The number of aryl methyl sites for hydroxylation is 1. The number of nitrogens with zero attached hydrogens (tertiary/aromatic N) is 1. The molecule has 25 heavy (non-hydrogen) atoms. The predicted molar refractivity (Wildman–Crippen MR) is 95.6 cm³/mol. The van der Waals surface area contributed by atoms with E-state index in [1.54, 1.807) is 42.5 Å². The molecular formula is C19H16ClNO4. The van der Waals surface area contributed by atoms with Crippen molar-refractivity contribution < 1.29 is 19.1 Å². The zero-order valence-electron chi connectivity index (χ0n) is 13.8. The van der Waals surface area contributed by atoms with Gasteiger partial charge in [0.05, 0.1) is 18.2 Å². The highest BCUT2D eigenvalue weighted by atomic mass is 35.5. The van der Waals surface area contributed by atoms with Crippen molar-refractivity contribution >= 4 is 34.4 Å². The third-order valence-corrected chi connectivity index (χ3v) is 4.11. The number of para-hydroxylation sites is 1. The Morgan fingerprint density at radius 3 is 2.64 bits per heavy atom. The Morgan fingerprint density at radius 2 is 1.92 bits per heavy atom. The lowest BCUT2D eigenvalue weighted by Crippen LogP contribution is -2.18. The molecule has 3 aromatic rings. The molecule has 0 bridgehead atoms. The van der Waals surface area contributed by atoms with Gasteiger partial charge < -0.3 is 9.47 Å². The average molecular weight is 358 g/mol. The molecule has 0 spiro atoms. The van der Waals surface area contributed by atoms with Crippen LogP contribution in [0.4, 0.5) is 0 Å². The number of hydrogen-bond donors (Lipinski definition) is 0. The molecule has 2 aromatic carbocycles. The summed E-state index contributed by atoms with van der Waals surface area (Å²) in [5.74, 6) is -0.194. The predicted octanol–water partition coefficient (Wildman–Crippen LogP) is 4.11. The van der Waals surface area contributed by atoms with Gasteiger partial charge in [-0.3, -0.25) is 9.36 Å². The van der Waals surface area contributed by atoms with Crippen molar-refractivity contribution in [1.82, 2.24) is 4.57 Å². The summed E-state index contributed by atoms with van der Waals surface area (Å²) in [5, 5.41) is 1.26. The van der Waals surface area contributed by atoms with Crippen LogP contribution in [0.2, 0.25) is 5.02 Å². The van der Waals surface area contributed by atoms with Gasteiger partial charge in [-0.25, -0.2) is 4.79 Å². The van der Waals surface area contributed by atoms with Crippen LogP contribution in [0.3, 0.4) is 0 Å². The van der Waals surface area contributed by atoms with Crippen molar-refractivity contribution in [2.24, 2.45) is 0 Å². The van der Waals surface area contributed by atoms with Crippen LogP contribution >= 0.6 is 11.6 Å². The Hall–Kier alpha value is -2.79. The first-order valence-corrected chi connectivity index (χ1v) is 7.99. The van der Waals surface area contributed by atoms with Crippen molar-refractivity contribution in [2.75, 3.05) is 13.7 Å². The zero-order valence-corrected chi connectivity index (χ0v) is 14.5. The van der Waals surface area contributed by atoms with Gasteiger partial charge in [-0.05, 0) is 36.8 Å². The number of benzene rings is 2. The maximum Gasteiger partial charge on any atom is 0.340 e. The van der Waals surface area contributed by atoms with E-state index in [4.69, 9.17) is 21.1 Å². The third kappa shape index (κ3) is 3.37. The van der Waals surface area contributed by atoms with Gasteiger partial charge in [-0.1, -0.05) is 29.8 Å². The number of methoxy groups -OCH3 is 1. The molecule has 0 amide bonds. The van der Waals surface area contributed by atoms with Gasteiger partial charge in [0.2, 0.25) is 0 Å². The minimum absolute atomic E-state index is 0.165. The van der Waals surface area contributed by atoms with E-state index in [1.165, 1.54) is 17.9 Å². The highest BCUT2D eigenvalue weighted by Gasteiger charge is 2.19. The van der Waals surface area contributed by atoms with E-state index >= 15 is 0 Å². The van der Waals surface area contributed by atoms with Crippen molar-refractivity contribution in [3.8, 4) is 5.75 Å². The van der Waals surface area contributed by atoms with Crippen molar-refractivity contribution in [3.05, 3.63) is 64.8 Å². The van der Waals surface area contributed by atoms with Crippen LogP contribution in [0, 0.1) is 6.92 Å². The van der Waals surface area contributed by atoms with Gasteiger partial charge in [0, 0.05) is 16.6 Å². The van der Waals surface area contributed by atoms with Crippen molar-refractivity contribution in [2.45, 2.75) is 6.92 Å². The first kappa shape index (κ1) is 17.0. The van der Waals surface area contributed by atoms with Crippen LogP contribution in [0.25, 0.3) is 10.9 Å². The highest BCUT2D eigenvalue weighted by molar-refractivity contribution is 6.30. The molecule has 0 aliphatic carbocycles. The zero-order chi connectivity index (χ0) is 18.0. The van der Waals surface area contributed by atoms with E-state index in [-0.39, 0.29) is 12.5 Å². The van der Waals surface area contributed by atoms with Gasteiger partial charge in [0.15, 0.2) is 6.61 Å². The maximum absolute atomic E-state index is 12.6. The normalized spacial score (nSPS) is 10.7. The molecule has 0 aliphatic heterocycles. The second-order valence-electron chi connectivity index (χ2n) is 5.51. The van der Waals surface area contributed by atoms with E-state index in [2.05, 4.69) is 0 Å². The summed E-state index contributed by atoms with van der Waals surface area (Å²) >= 11 is 5.92. The fourth-order valence-corrected chi connectivity index (χ4v) is 2.87. The first-order chi connectivity index (χ1) is 12.0. The van der Waals surface area contributed by atoms with Gasteiger partial charge in [-0.15, -0.1) is 0 Å². The SMILES string of the molecule is COC(=O)c1cn(C(=O)COc2ccc(Cl)cc2C)c2ccccc12. The summed E-state index contributed by atoms with van der Waals surface area (Å²) in [4.78, 5) is 24.5. The number of fused-ring (bicyclic) bond motifs is 1. The quantitative estimate of drug-likeness (QED) is 0.659. The number of aromatic nitrogens is 1. The summed E-state index contributed by atoms with van der Waals surface area (Å²) < 4.78 is 11.8. The van der Waals surface area contributed by atoms with Crippen LogP contribution in [-0.2, 0) is 4.74 Å². The number of hydrogen-bond acceptors (Lipinski definition) is 4. The number of carbonyl (C=O) groups is 2. The Bertz CT molecular complexity index is 961. The fourth-order valence-electron chi connectivity index (χ4n) is 2.64. The summed E-state index contributed by atoms with van der Waals surface area (Å²) in [6, 6.07) is 12.3. The van der Waals surface area contributed by atoms with E-state index < -0.39 is 5.97 Å². The van der Waals surface area contributed by atoms with Gasteiger partial charge >= 0.3 is 5.97 Å². The number of esters is 1. The summed E-state index contributed by atoms with van der Waals surface area (Å²) in [6.45, 7) is 1.69. The molecule has 0 fully saturated rings. The highest BCUT2D eigenvalue weighted by Crippen LogP contribution is 2.24. The topological polar surface area (TPSA) is 57.5 Å². The fraction of sp³-hybridized carbons (Fsp3) is 0.158. The molecule has 6 heteroatoms. The first-order valence-electron chi connectivity index (χ1n) is 7.62. The Morgan fingerprint density at radius 1 is 1.16 bits per heavy atom. The van der Waals surface area contributed by atoms with Crippen molar-refractivity contribution in [3.63, 3.8) is 0 Å². The molecule has 5 nitrogen and oxygen atoms in total. The minimum atomic E-state index is -0.489. The molecule has 3 rings (SSSR count). The maximum atomic E-state index is 12.6. The molecule has 0 N–H and O–H groups in total. The van der Waals surface area contributed by atoms with Gasteiger partial charge in [-0.2, -0.15) is 0 Å². The van der Waals surface area contributed by atoms with E-state index in [9.17, 15) is 9.59 Å². The Labute approximate surface area is 149 Å². The van der Waals surface area contributed by atoms with Crippen LogP contribution in [-0.4, -0.2) is 30.2 Å². The molecule has 0 saturated heterocycles. The lowest BCUT2D eigenvalue weighted by Gasteiger charge is -2.09. The second kappa shape index (κ2) is 6.99. The van der Waals surface area contributed by atoms with Crippen LogP contribution in [0.1, 0.15) is 20.7 Å². The van der Waals surface area contributed by atoms with Gasteiger partial charge in [0.25, 0.3) is 5.91 Å². The van der Waals surface area contributed by atoms with Crippen LogP contribution in [0.5, 0.6) is 5.75 Å². The Balaban J connectivity index is 1.88. The molecule has 0 aliphatic rings. The van der Waals surface area contributed by atoms with Crippen LogP contribution < -0.4 is 4.74 Å². The van der Waals surface area contributed by atoms with Crippen LogP contribution in [0.15, 0.2) is 48.7 Å². The Kier molecular flexibility index (Phi) is 4.76. The van der Waals surface area contributed by atoms with E-state index in [0.29, 0.717) is 27.2 Å². The molecule has 128 valence electrons. The molecular weight excluding hydrogens is 342 g/mol. The van der Waals surface area contributed by atoms with Gasteiger partial charge in [0.1, 0.15) is 5.75 Å². The molecule has 0 atom stereocenters. The number of ether oxygens (including phenoxy) is 2. The summed E-state index contributed by atoms with van der Waals surface area (Å²) in [7, 11) is 1.31. The third-order valence-electron chi connectivity index (χ3n) is 3.87. The van der Waals surface area contributed by atoms with E-state index in [1.807, 2.05) is 6.92 Å². The summed E-state index contributed by atoms with van der Waals surface area (Å²) in [5.41, 5.74) is 1.81. The molecule has 0 saturated carbocycles. The molecule has 1 aromatic heterocycles. The summed E-state index contributed by atoms with van der Waals surface area (Å²) in [6.07, 6.45) is 1.48. The number of rotatable bonds is 4. The number of halogens is 1.